The van der Waals surface area contributed by atoms with Crippen LogP contribution < -0.4 is 16.2 Å². The highest BCUT2D eigenvalue weighted by Crippen LogP contribution is 2.23. The number of aliphatic hydroxyl groups is 1. The molecule has 9 heteroatoms. The third-order valence-electron chi connectivity index (χ3n) is 4.85. The zero-order valence-corrected chi connectivity index (χ0v) is 16.1. The van der Waals surface area contributed by atoms with Crippen molar-refractivity contribution in [1.82, 2.24) is 19.9 Å². The second-order valence-corrected chi connectivity index (χ2v) is 7.21. The van der Waals surface area contributed by atoms with Gasteiger partial charge in [0.1, 0.15) is 5.82 Å². The lowest BCUT2D eigenvalue weighted by Crippen LogP contribution is -2.51. The second kappa shape index (κ2) is 8.28. The van der Waals surface area contributed by atoms with E-state index in [4.69, 9.17) is 11.6 Å². The van der Waals surface area contributed by atoms with Crippen LogP contribution in [0.25, 0.3) is 11.3 Å². The lowest BCUT2D eigenvalue weighted by Gasteiger charge is -2.27. The van der Waals surface area contributed by atoms with E-state index in [1.54, 1.807) is 30.6 Å². The average molecular weight is 416 g/mol. The molecule has 0 aliphatic carbocycles. The maximum absolute atomic E-state index is 13.8. The highest BCUT2D eigenvalue weighted by atomic mass is 35.5. The Bertz CT molecular complexity index is 1090. The first-order chi connectivity index (χ1) is 14.0. The van der Waals surface area contributed by atoms with Gasteiger partial charge >= 0.3 is 0 Å². The van der Waals surface area contributed by atoms with Crippen LogP contribution in [0.5, 0.6) is 0 Å². The first-order valence-electron chi connectivity index (χ1n) is 9.14. The Kier molecular flexibility index (Phi) is 5.57. The number of rotatable bonds is 6. The topological polar surface area (TPSA) is 92.1 Å². The van der Waals surface area contributed by atoms with Gasteiger partial charge in [-0.05, 0) is 29.8 Å². The normalized spacial score (nSPS) is 15.0. The van der Waals surface area contributed by atoms with Crippen molar-refractivity contribution < 1.29 is 9.50 Å². The van der Waals surface area contributed by atoms with E-state index in [-0.39, 0.29) is 17.2 Å². The van der Waals surface area contributed by atoms with Gasteiger partial charge in [-0.25, -0.2) is 14.4 Å². The van der Waals surface area contributed by atoms with E-state index >= 15 is 0 Å². The largest absolute Gasteiger partial charge is 0.394 e. The van der Waals surface area contributed by atoms with Gasteiger partial charge < -0.3 is 20.3 Å². The van der Waals surface area contributed by atoms with Gasteiger partial charge in [0.15, 0.2) is 0 Å². The molecule has 1 saturated heterocycles. The molecular formula is C20H19ClFN5O2. The molecule has 0 amide bonds. The van der Waals surface area contributed by atoms with E-state index in [0.717, 1.165) is 13.1 Å². The Balaban J connectivity index is 1.62. The molecule has 3 aromatic rings. The fraction of sp³-hybridized carbons (Fsp3) is 0.250. The molecule has 0 bridgehead atoms. The summed E-state index contributed by atoms with van der Waals surface area (Å²) in [4.78, 5) is 21.4. The van der Waals surface area contributed by atoms with Gasteiger partial charge in [0.2, 0.25) is 5.95 Å². The Morgan fingerprint density at radius 2 is 2.14 bits per heavy atom. The highest BCUT2D eigenvalue weighted by Gasteiger charge is 2.18. The molecule has 3 heterocycles. The highest BCUT2D eigenvalue weighted by molar-refractivity contribution is 6.30. The molecule has 1 aliphatic rings. The number of aliphatic hydroxyl groups excluding tert-OH is 1. The van der Waals surface area contributed by atoms with Crippen LogP contribution >= 0.6 is 11.6 Å². The van der Waals surface area contributed by atoms with Crippen molar-refractivity contribution in [3.63, 3.8) is 0 Å². The van der Waals surface area contributed by atoms with Gasteiger partial charge in [-0.2, -0.15) is 0 Å². The van der Waals surface area contributed by atoms with E-state index in [1.165, 1.54) is 22.8 Å². The smallest absolute Gasteiger partial charge is 0.251 e. The average Bonchev–Trinajstić information content (AvgIpc) is 2.69. The number of hydrogen-bond acceptors (Lipinski definition) is 6. The summed E-state index contributed by atoms with van der Waals surface area (Å²) >= 11 is 5.72. The summed E-state index contributed by atoms with van der Waals surface area (Å²) in [5, 5.41) is 16.2. The van der Waals surface area contributed by atoms with Crippen LogP contribution in [0.2, 0.25) is 5.02 Å². The summed E-state index contributed by atoms with van der Waals surface area (Å²) < 4.78 is 15.2. The van der Waals surface area contributed by atoms with E-state index in [2.05, 4.69) is 20.6 Å². The van der Waals surface area contributed by atoms with Gasteiger partial charge in [0.25, 0.3) is 5.56 Å². The first-order valence-corrected chi connectivity index (χ1v) is 9.51. The van der Waals surface area contributed by atoms with Crippen LogP contribution in [0, 0.1) is 5.82 Å². The molecule has 3 N–H and O–H groups in total. The van der Waals surface area contributed by atoms with E-state index in [9.17, 15) is 14.3 Å². The standard InChI is InChI=1S/C20H19ClFN5O2/c21-15-2-1-13(7-16(15)22)18(11-28)27-6-4-12(8-19(27)29)17-3-5-24-20(26-17)25-14-9-23-10-14/h1-8,14,18,23,28H,9-11H2,(H,24,25,26). The molecule has 1 aliphatic heterocycles. The summed E-state index contributed by atoms with van der Waals surface area (Å²) in [6.45, 7) is 1.35. The molecule has 7 nitrogen and oxygen atoms in total. The molecule has 0 spiro atoms. The lowest BCUT2D eigenvalue weighted by molar-refractivity contribution is 0.247. The third-order valence-corrected chi connectivity index (χ3v) is 5.16. The van der Waals surface area contributed by atoms with Crippen molar-refractivity contribution in [2.24, 2.45) is 0 Å². The van der Waals surface area contributed by atoms with Crippen molar-refractivity contribution >= 4 is 17.5 Å². The molecule has 1 aromatic carbocycles. The first kappa shape index (κ1) is 19.5. The van der Waals surface area contributed by atoms with Gasteiger partial charge in [-0.15, -0.1) is 0 Å². The molecule has 29 heavy (non-hydrogen) atoms. The minimum atomic E-state index is -0.725. The van der Waals surface area contributed by atoms with Crippen LogP contribution in [-0.2, 0) is 0 Å². The van der Waals surface area contributed by atoms with Crippen molar-refractivity contribution in [2.45, 2.75) is 12.1 Å². The fourth-order valence-electron chi connectivity index (χ4n) is 3.14. The molecule has 1 atom stereocenters. The molecule has 2 aromatic heterocycles. The van der Waals surface area contributed by atoms with Gasteiger partial charge in [-0.3, -0.25) is 4.79 Å². The number of benzene rings is 1. The minimum Gasteiger partial charge on any atom is -0.394 e. The SMILES string of the molecule is O=c1cc(-c2ccnc(NC3CNC3)n2)ccn1C(CO)c1ccc(Cl)c(F)c1. The minimum absolute atomic E-state index is 0.0148. The van der Waals surface area contributed by atoms with Crippen molar-refractivity contribution in [3.8, 4) is 11.3 Å². The molecular weight excluding hydrogens is 397 g/mol. The summed E-state index contributed by atoms with van der Waals surface area (Å²) in [6.07, 6.45) is 3.20. The summed E-state index contributed by atoms with van der Waals surface area (Å²) in [5.74, 6) is -0.0991. The van der Waals surface area contributed by atoms with Crippen LogP contribution in [0.15, 0.2) is 53.6 Å². The number of pyridine rings is 1. The van der Waals surface area contributed by atoms with Crippen LogP contribution in [0.1, 0.15) is 11.6 Å². The monoisotopic (exact) mass is 415 g/mol. The predicted octanol–water partition coefficient (Wildman–Crippen LogP) is 2.06. The van der Waals surface area contributed by atoms with Crippen molar-refractivity contribution in [2.75, 3.05) is 25.0 Å². The number of nitrogens with one attached hydrogen (secondary N) is 2. The van der Waals surface area contributed by atoms with Crippen molar-refractivity contribution in [3.05, 3.63) is 75.5 Å². The predicted molar refractivity (Wildman–Crippen MR) is 109 cm³/mol. The number of halogens is 2. The lowest BCUT2D eigenvalue weighted by atomic mass is 10.1. The van der Waals surface area contributed by atoms with Crippen LogP contribution in [0.3, 0.4) is 0 Å². The van der Waals surface area contributed by atoms with Crippen LogP contribution in [0.4, 0.5) is 10.3 Å². The second-order valence-electron chi connectivity index (χ2n) is 6.80. The van der Waals surface area contributed by atoms with Crippen molar-refractivity contribution in [1.29, 1.82) is 0 Å². The fourth-order valence-corrected chi connectivity index (χ4v) is 3.26. The number of hydrogen-bond donors (Lipinski definition) is 3. The number of nitrogens with zero attached hydrogens (tertiary/aromatic N) is 3. The Morgan fingerprint density at radius 3 is 2.79 bits per heavy atom. The Hall–Kier alpha value is -2.81. The van der Waals surface area contributed by atoms with Gasteiger partial charge in [0, 0.05) is 37.1 Å². The van der Waals surface area contributed by atoms with E-state index in [1.807, 2.05) is 0 Å². The summed E-state index contributed by atoms with van der Waals surface area (Å²) in [5.41, 5.74) is 1.35. The molecule has 0 saturated carbocycles. The molecule has 0 radical (unpaired) electrons. The molecule has 1 unspecified atom stereocenters. The molecule has 1 fully saturated rings. The summed E-state index contributed by atoms with van der Waals surface area (Å²) in [6, 6.07) is 8.67. The Morgan fingerprint density at radius 1 is 1.31 bits per heavy atom. The Labute approximate surface area is 171 Å². The number of anilines is 1. The molecule has 4 rings (SSSR count). The molecule has 150 valence electrons. The van der Waals surface area contributed by atoms with Crippen LogP contribution in [-0.4, -0.2) is 45.4 Å². The van der Waals surface area contributed by atoms with E-state index in [0.29, 0.717) is 28.8 Å². The third kappa shape index (κ3) is 4.14. The zero-order valence-electron chi connectivity index (χ0n) is 15.3. The maximum Gasteiger partial charge on any atom is 0.251 e. The zero-order chi connectivity index (χ0) is 20.4. The van der Waals surface area contributed by atoms with Gasteiger partial charge in [0.05, 0.1) is 29.4 Å². The summed E-state index contributed by atoms with van der Waals surface area (Å²) in [7, 11) is 0. The number of aromatic nitrogens is 3. The van der Waals surface area contributed by atoms with E-state index < -0.39 is 11.9 Å². The quantitative estimate of drug-likeness (QED) is 0.571. The van der Waals surface area contributed by atoms with Gasteiger partial charge in [-0.1, -0.05) is 17.7 Å². The maximum atomic E-state index is 13.8.